The Morgan fingerprint density at radius 3 is 0.613 bits per heavy atom. The molecule has 5 heteroatoms. The lowest BCUT2D eigenvalue weighted by Crippen LogP contribution is -2.09. The zero-order valence-corrected chi connectivity index (χ0v) is 40.9. The Hall–Kier alpha value is -10.1. The van der Waals surface area contributed by atoms with Crippen LogP contribution in [0.15, 0.2) is 285 Å². The summed E-state index contributed by atoms with van der Waals surface area (Å²) in [5.41, 5.74) is 23.4. The minimum Gasteiger partial charge on any atom is -0.311 e. The molecule has 0 unspecified atom stereocenters. The second-order valence-electron chi connectivity index (χ2n) is 18.6. The van der Waals surface area contributed by atoms with Gasteiger partial charge in [0, 0.05) is 39.3 Å². The lowest BCUT2D eigenvalue weighted by Gasteiger charge is -2.26. The van der Waals surface area contributed by atoms with Gasteiger partial charge in [0.1, 0.15) is 0 Å². The fourth-order valence-corrected chi connectivity index (χ4v) is 9.98. The van der Waals surface area contributed by atoms with Gasteiger partial charge in [-0.2, -0.15) is 0 Å². The average Bonchev–Trinajstić information content (AvgIpc) is 3.50. The molecule has 0 saturated carbocycles. The van der Waals surface area contributed by atoms with Crippen LogP contribution in [-0.4, -0.2) is 19.9 Å². The quantitative estimate of drug-likeness (QED) is 0.129. The van der Waals surface area contributed by atoms with Crippen molar-refractivity contribution in [3.8, 4) is 89.5 Å². The summed E-state index contributed by atoms with van der Waals surface area (Å²) >= 11 is 0. The van der Waals surface area contributed by atoms with Crippen LogP contribution in [0.1, 0.15) is 0 Å². The molecule has 0 saturated heterocycles. The maximum atomic E-state index is 5.19. The average molecular weight is 958 g/mol. The number of hydrogen-bond donors (Lipinski definition) is 0. The first-order chi connectivity index (χ1) is 37.1. The number of rotatable bonds is 11. The molecule has 0 N–H and O–H groups in total. The van der Waals surface area contributed by atoms with Gasteiger partial charge in [-0.15, -0.1) is 0 Å². The Morgan fingerprint density at radius 2 is 0.347 bits per heavy atom. The molecule has 0 aliphatic carbocycles. The van der Waals surface area contributed by atoms with Gasteiger partial charge in [-0.05, 0) is 105 Å². The molecule has 0 bridgehead atoms. The number of hydrogen-bond acceptors (Lipinski definition) is 5. The molecule has 0 spiro atoms. The van der Waals surface area contributed by atoms with Gasteiger partial charge in [-0.1, -0.05) is 224 Å². The van der Waals surface area contributed by atoms with E-state index in [1.807, 2.05) is 60.7 Å². The zero-order valence-electron chi connectivity index (χ0n) is 40.9. The predicted molar refractivity (Wildman–Crippen MR) is 311 cm³/mol. The molecule has 0 fully saturated rings. The Balaban J connectivity index is 0.763. The molecule has 0 amide bonds. The number of para-hydroxylation sites is 5. The highest BCUT2D eigenvalue weighted by molar-refractivity contribution is 5.90. The molecule has 13 rings (SSSR count). The van der Waals surface area contributed by atoms with Crippen LogP contribution < -0.4 is 4.90 Å². The first kappa shape index (κ1) is 44.8. The SMILES string of the molecule is c1ccc(-c2ccc(-c3nc4ccccc4nc3-c3ccc(-c4ccc(N(c5ccccc5)c5ccc(-c6ccc(-c7nc8ccccc8nc7-c7ccc(-c8ccccc8)cc7)cc6)cc5)cc4)cc3)cc2)cc1. The van der Waals surface area contributed by atoms with Crippen LogP contribution in [-0.2, 0) is 0 Å². The predicted octanol–water partition coefficient (Wildman–Crippen LogP) is 18.4. The molecular weight excluding hydrogens is 911 g/mol. The fraction of sp³-hybridized carbons (Fsp3) is 0. The summed E-state index contributed by atoms with van der Waals surface area (Å²) in [6.07, 6.45) is 0. The molecule has 75 heavy (non-hydrogen) atoms. The molecule has 2 aromatic heterocycles. The van der Waals surface area contributed by atoms with Gasteiger partial charge >= 0.3 is 0 Å². The van der Waals surface area contributed by atoms with Crippen molar-refractivity contribution in [1.29, 1.82) is 0 Å². The van der Waals surface area contributed by atoms with E-state index >= 15 is 0 Å². The van der Waals surface area contributed by atoms with Gasteiger partial charge in [-0.3, -0.25) is 0 Å². The lowest BCUT2D eigenvalue weighted by atomic mass is 9.98. The third kappa shape index (κ3) is 9.11. The van der Waals surface area contributed by atoms with Crippen molar-refractivity contribution in [2.75, 3.05) is 4.90 Å². The third-order valence-electron chi connectivity index (χ3n) is 13.9. The lowest BCUT2D eigenvalue weighted by molar-refractivity contribution is 1.28. The summed E-state index contributed by atoms with van der Waals surface area (Å²) in [7, 11) is 0. The second kappa shape index (κ2) is 19.8. The van der Waals surface area contributed by atoms with E-state index in [0.29, 0.717) is 0 Å². The monoisotopic (exact) mass is 957 g/mol. The van der Waals surface area contributed by atoms with Crippen LogP contribution >= 0.6 is 0 Å². The van der Waals surface area contributed by atoms with Crippen molar-refractivity contribution in [1.82, 2.24) is 19.9 Å². The fourth-order valence-electron chi connectivity index (χ4n) is 9.98. The maximum Gasteiger partial charge on any atom is 0.0973 e. The van der Waals surface area contributed by atoms with Gasteiger partial charge in [0.2, 0.25) is 0 Å². The molecule has 2 heterocycles. The van der Waals surface area contributed by atoms with Gasteiger partial charge in [0.15, 0.2) is 0 Å². The van der Waals surface area contributed by atoms with Gasteiger partial charge in [-0.25, -0.2) is 19.9 Å². The maximum absolute atomic E-state index is 5.19. The topological polar surface area (TPSA) is 54.8 Å². The summed E-state index contributed by atoms with van der Waals surface area (Å²) in [6, 6.07) is 99.9. The molecular formula is C70H47N5. The first-order valence-electron chi connectivity index (χ1n) is 25.3. The number of fused-ring (bicyclic) bond motifs is 2. The highest BCUT2D eigenvalue weighted by Crippen LogP contribution is 2.39. The van der Waals surface area contributed by atoms with Crippen molar-refractivity contribution in [2.45, 2.75) is 0 Å². The zero-order chi connectivity index (χ0) is 49.9. The Kier molecular flexibility index (Phi) is 11.9. The van der Waals surface area contributed by atoms with Crippen LogP contribution in [0.4, 0.5) is 17.1 Å². The highest BCUT2D eigenvalue weighted by Gasteiger charge is 2.18. The van der Waals surface area contributed by atoms with Crippen molar-refractivity contribution in [3.63, 3.8) is 0 Å². The van der Waals surface area contributed by atoms with E-state index in [2.05, 4.69) is 229 Å². The van der Waals surface area contributed by atoms with E-state index in [1.54, 1.807) is 0 Å². The molecule has 0 aliphatic heterocycles. The van der Waals surface area contributed by atoms with Gasteiger partial charge < -0.3 is 4.90 Å². The highest BCUT2D eigenvalue weighted by atomic mass is 15.1. The first-order valence-corrected chi connectivity index (χ1v) is 25.3. The van der Waals surface area contributed by atoms with E-state index in [9.17, 15) is 0 Å². The Labute approximate surface area is 436 Å². The Bertz CT molecular complexity index is 3840. The van der Waals surface area contributed by atoms with Gasteiger partial charge in [0.05, 0.1) is 44.8 Å². The van der Waals surface area contributed by atoms with Crippen LogP contribution in [0.5, 0.6) is 0 Å². The smallest absolute Gasteiger partial charge is 0.0973 e. The molecule has 0 aliphatic rings. The summed E-state index contributed by atoms with van der Waals surface area (Å²) in [4.78, 5) is 23.0. The number of aromatic nitrogens is 4. The van der Waals surface area contributed by atoms with E-state index < -0.39 is 0 Å². The summed E-state index contributed by atoms with van der Waals surface area (Å²) in [5, 5.41) is 0. The molecule has 5 nitrogen and oxygen atoms in total. The van der Waals surface area contributed by atoms with Crippen LogP contribution in [0.25, 0.3) is 112 Å². The minimum atomic E-state index is 0.857. The van der Waals surface area contributed by atoms with Gasteiger partial charge in [0.25, 0.3) is 0 Å². The second-order valence-corrected chi connectivity index (χ2v) is 18.6. The van der Waals surface area contributed by atoms with E-state index in [1.165, 1.54) is 22.3 Å². The van der Waals surface area contributed by atoms with Crippen molar-refractivity contribution in [3.05, 3.63) is 285 Å². The largest absolute Gasteiger partial charge is 0.311 e. The Morgan fingerprint density at radius 1 is 0.160 bits per heavy atom. The summed E-state index contributed by atoms with van der Waals surface area (Å²) < 4.78 is 0. The minimum absolute atomic E-state index is 0.857. The van der Waals surface area contributed by atoms with E-state index in [4.69, 9.17) is 19.9 Å². The van der Waals surface area contributed by atoms with Crippen molar-refractivity contribution in [2.24, 2.45) is 0 Å². The summed E-state index contributed by atoms with van der Waals surface area (Å²) in [5.74, 6) is 0. The molecule has 11 aromatic carbocycles. The van der Waals surface area contributed by atoms with E-state index in [-0.39, 0.29) is 0 Å². The standard InChI is InChI=1S/C70H47N5/c1-4-14-48(15-5-1)50-24-32-56(33-25-50)67-69(73-65-22-12-10-20-63(65)71-67)58-36-28-52(29-37-58)54-40-44-61(45-41-54)75(60-18-8-3-9-19-60)62-46-42-55(43-47-62)53-30-38-59(39-31-53)70-68(72-64-21-11-13-23-66(64)74-70)57-34-26-51(27-35-57)49-16-6-2-7-17-49/h1-47H. The number of benzene rings is 11. The van der Waals surface area contributed by atoms with Crippen LogP contribution in [0, 0.1) is 0 Å². The summed E-state index contributed by atoms with van der Waals surface area (Å²) in [6.45, 7) is 0. The number of anilines is 3. The van der Waals surface area contributed by atoms with Crippen LogP contribution in [0.2, 0.25) is 0 Å². The molecule has 352 valence electrons. The number of nitrogens with zero attached hydrogens (tertiary/aromatic N) is 5. The van der Waals surface area contributed by atoms with Crippen LogP contribution in [0.3, 0.4) is 0 Å². The van der Waals surface area contributed by atoms with Crippen molar-refractivity contribution < 1.29 is 0 Å². The molecule has 13 aromatic rings. The van der Waals surface area contributed by atoms with E-state index in [0.717, 1.165) is 106 Å². The normalized spacial score (nSPS) is 11.2. The molecule has 0 radical (unpaired) electrons. The third-order valence-corrected chi connectivity index (χ3v) is 13.9. The van der Waals surface area contributed by atoms with Crippen molar-refractivity contribution >= 4 is 39.1 Å². The molecule has 0 atom stereocenters.